The number of nitrogens with zero attached hydrogens (tertiary/aromatic N) is 1. The summed E-state index contributed by atoms with van der Waals surface area (Å²) >= 11 is 0. The van der Waals surface area contributed by atoms with E-state index in [0.717, 1.165) is 11.1 Å². The second-order valence-corrected chi connectivity index (χ2v) is 5.26. The molecule has 5 nitrogen and oxygen atoms in total. The number of amides is 1. The minimum Gasteiger partial charge on any atom is -0.439 e. The Kier molecular flexibility index (Phi) is 3.78. The molecule has 1 aliphatic rings. The average molecular weight is 296 g/mol. The number of carbonyl (C=O) groups is 1. The molecule has 2 aromatic rings. The molecule has 0 aliphatic carbocycles. The lowest BCUT2D eigenvalue weighted by Gasteiger charge is -2.24. The minimum absolute atomic E-state index is 0.0175. The number of fused-ring (bicyclic) bond motifs is 1. The maximum atomic E-state index is 12.5. The fourth-order valence-corrected chi connectivity index (χ4v) is 2.51. The van der Waals surface area contributed by atoms with Gasteiger partial charge in [0.25, 0.3) is 0 Å². The largest absolute Gasteiger partial charge is 0.439 e. The number of hydrogen-bond donors (Lipinski definition) is 2. The highest BCUT2D eigenvalue weighted by Gasteiger charge is 2.33. The molecule has 0 saturated heterocycles. The van der Waals surface area contributed by atoms with Gasteiger partial charge in [0.15, 0.2) is 0 Å². The van der Waals surface area contributed by atoms with Gasteiger partial charge in [0.05, 0.1) is 0 Å². The number of carbonyl (C=O) groups excluding carboxylic acids is 1. The topological polar surface area (TPSA) is 70.9 Å². The van der Waals surface area contributed by atoms with Crippen LogP contribution < -0.4 is 10.1 Å². The highest BCUT2D eigenvalue weighted by molar-refractivity contribution is 6.07. The van der Waals surface area contributed by atoms with Crippen molar-refractivity contribution in [1.29, 1.82) is 0 Å². The lowest BCUT2D eigenvalue weighted by molar-refractivity contribution is -0.118. The smallest absolute Gasteiger partial charge is 0.243 e. The first-order valence-corrected chi connectivity index (χ1v) is 7.02. The minimum atomic E-state index is -0.652. The SMILES string of the molecule is Cc1cccc(NC(=O)[C@@H]2Cc3ccccc3O/C2=N/O)c1. The van der Waals surface area contributed by atoms with Crippen LogP contribution in [0.15, 0.2) is 53.7 Å². The van der Waals surface area contributed by atoms with Crippen molar-refractivity contribution in [2.24, 2.45) is 11.1 Å². The Morgan fingerprint density at radius 3 is 2.86 bits per heavy atom. The predicted molar refractivity (Wildman–Crippen MR) is 83.3 cm³/mol. The predicted octanol–water partition coefficient (Wildman–Crippen LogP) is 2.97. The third-order valence-corrected chi connectivity index (χ3v) is 3.61. The Morgan fingerprint density at radius 1 is 1.27 bits per heavy atom. The molecule has 1 atom stereocenters. The number of nitrogens with one attached hydrogen (secondary N) is 1. The van der Waals surface area contributed by atoms with Gasteiger partial charge in [-0.25, -0.2) is 0 Å². The van der Waals surface area contributed by atoms with Crippen LogP contribution in [0.4, 0.5) is 5.69 Å². The van der Waals surface area contributed by atoms with E-state index in [4.69, 9.17) is 9.94 Å². The van der Waals surface area contributed by atoms with Gasteiger partial charge in [-0.05, 0) is 42.7 Å². The molecule has 0 saturated carbocycles. The summed E-state index contributed by atoms with van der Waals surface area (Å²) in [5, 5.41) is 15.1. The molecular formula is C17H16N2O3. The summed E-state index contributed by atoms with van der Waals surface area (Å²) in [5.74, 6) is -0.271. The monoisotopic (exact) mass is 296 g/mol. The van der Waals surface area contributed by atoms with Gasteiger partial charge in [-0.2, -0.15) is 0 Å². The molecule has 2 aromatic carbocycles. The third kappa shape index (κ3) is 2.79. The summed E-state index contributed by atoms with van der Waals surface area (Å²) in [6, 6.07) is 14.9. The highest BCUT2D eigenvalue weighted by atomic mass is 16.5. The number of rotatable bonds is 2. The molecule has 3 rings (SSSR count). The molecule has 1 heterocycles. The molecule has 0 radical (unpaired) electrons. The van der Waals surface area contributed by atoms with E-state index >= 15 is 0 Å². The van der Waals surface area contributed by atoms with Crippen LogP contribution in [-0.4, -0.2) is 17.0 Å². The van der Waals surface area contributed by atoms with Gasteiger partial charge in [-0.3, -0.25) is 4.79 Å². The third-order valence-electron chi connectivity index (χ3n) is 3.61. The normalized spacial score (nSPS) is 18.4. The molecule has 5 heteroatoms. The van der Waals surface area contributed by atoms with Gasteiger partial charge in [0.1, 0.15) is 11.7 Å². The van der Waals surface area contributed by atoms with Gasteiger partial charge in [-0.1, -0.05) is 35.5 Å². The Bertz CT molecular complexity index is 740. The zero-order valence-corrected chi connectivity index (χ0v) is 12.1. The van der Waals surface area contributed by atoms with E-state index < -0.39 is 5.92 Å². The number of hydrogen-bond acceptors (Lipinski definition) is 4. The zero-order chi connectivity index (χ0) is 15.5. The van der Waals surface area contributed by atoms with E-state index in [1.165, 1.54) is 0 Å². The van der Waals surface area contributed by atoms with Gasteiger partial charge < -0.3 is 15.3 Å². The van der Waals surface area contributed by atoms with Crippen molar-refractivity contribution in [1.82, 2.24) is 0 Å². The van der Waals surface area contributed by atoms with Crippen molar-refractivity contribution in [2.75, 3.05) is 5.32 Å². The van der Waals surface area contributed by atoms with Crippen LogP contribution in [0.1, 0.15) is 11.1 Å². The first-order chi connectivity index (χ1) is 10.7. The fraction of sp³-hybridized carbons (Fsp3) is 0.176. The van der Waals surface area contributed by atoms with Crippen LogP contribution in [0.3, 0.4) is 0 Å². The second kappa shape index (κ2) is 5.89. The summed E-state index contributed by atoms with van der Waals surface area (Å²) < 4.78 is 5.52. The summed E-state index contributed by atoms with van der Waals surface area (Å²) in [5.41, 5.74) is 2.68. The molecular weight excluding hydrogens is 280 g/mol. The number of ether oxygens (including phenoxy) is 1. The van der Waals surface area contributed by atoms with Crippen molar-refractivity contribution in [3.63, 3.8) is 0 Å². The van der Waals surface area contributed by atoms with Crippen LogP contribution in [0.2, 0.25) is 0 Å². The fourth-order valence-electron chi connectivity index (χ4n) is 2.51. The Hall–Kier alpha value is -2.82. The number of anilines is 1. The number of oxime groups is 1. The van der Waals surface area contributed by atoms with Gasteiger partial charge >= 0.3 is 0 Å². The summed E-state index contributed by atoms with van der Waals surface area (Å²) in [6.45, 7) is 1.95. The standard InChI is InChI=1S/C17H16N2O3/c1-11-5-4-7-13(9-11)18-16(20)14-10-12-6-2-3-8-15(12)22-17(14)19-21/h2-9,14,21H,10H2,1H3,(H,18,20)/b19-17+/t14-/m0/s1. The molecule has 112 valence electrons. The van der Waals surface area contributed by atoms with E-state index in [2.05, 4.69) is 10.5 Å². The van der Waals surface area contributed by atoms with Crippen molar-refractivity contribution >= 4 is 17.5 Å². The van der Waals surface area contributed by atoms with E-state index in [9.17, 15) is 4.79 Å². The molecule has 0 bridgehead atoms. The molecule has 1 aliphatic heterocycles. The highest BCUT2D eigenvalue weighted by Crippen LogP contribution is 2.29. The first kappa shape index (κ1) is 14.1. The van der Waals surface area contributed by atoms with E-state index in [1.54, 1.807) is 6.07 Å². The lowest BCUT2D eigenvalue weighted by atomic mass is 9.95. The van der Waals surface area contributed by atoms with Crippen LogP contribution in [0.25, 0.3) is 0 Å². The zero-order valence-electron chi connectivity index (χ0n) is 12.1. The van der Waals surface area contributed by atoms with Crippen LogP contribution in [0.5, 0.6) is 5.75 Å². The van der Waals surface area contributed by atoms with Crippen LogP contribution in [0, 0.1) is 12.8 Å². The Balaban J connectivity index is 1.82. The molecule has 0 fully saturated rings. The summed E-state index contributed by atoms with van der Waals surface area (Å²) in [6.07, 6.45) is 0.438. The van der Waals surface area contributed by atoms with Crippen LogP contribution in [-0.2, 0) is 11.2 Å². The van der Waals surface area contributed by atoms with Crippen molar-refractivity contribution in [3.05, 3.63) is 59.7 Å². The van der Waals surface area contributed by atoms with Gasteiger partial charge in [0, 0.05) is 5.69 Å². The van der Waals surface area contributed by atoms with E-state index in [-0.39, 0.29) is 11.8 Å². The maximum Gasteiger partial charge on any atom is 0.243 e. The van der Waals surface area contributed by atoms with Gasteiger partial charge in [-0.15, -0.1) is 0 Å². The first-order valence-electron chi connectivity index (χ1n) is 7.02. The molecule has 0 spiro atoms. The number of aryl methyl sites for hydroxylation is 1. The van der Waals surface area contributed by atoms with Crippen molar-refractivity contribution < 1.29 is 14.7 Å². The van der Waals surface area contributed by atoms with Crippen LogP contribution >= 0.6 is 0 Å². The molecule has 0 unspecified atom stereocenters. The molecule has 2 N–H and O–H groups in total. The van der Waals surface area contributed by atoms with E-state index in [1.807, 2.05) is 49.4 Å². The maximum absolute atomic E-state index is 12.5. The molecule has 1 amide bonds. The number of benzene rings is 2. The quantitative estimate of drug-likeness (QED) is 0.661. The van der Waals surface area contributed by atoms with Crippen molar-refractivity contribution in [3.8, 4) is 5.75 Å². The second-order valence-electron chi connectivity index (χ2n) is 5.26. The summed E-state index contributed by atoms with van der Waals surface area (Å²) in [4.78, 5) is 12.5. The summed E-state index contributed by atoms with van der Waals surface area (Å²) in [7, 11) is 0. The average Bonchev–Trinajstić information content (AvgIpc) is 2.53. The van der Waals surface area contributed by atoms with Crippen molar-refractivity contribution in [2.45, 2.75) is 13.3 Å². The molecule has 22 heavy (non-hydrogen) atoms. The van der Waals surface area contributed by atoms with E-state index in [0.29, 0.717) is 17.9 Å². The Morgan fingerprint density at radius 2 is 2.09 bits per heavy atom. The lowest BCUT2D eigenvalue weighted by Crippen LogP contribution is -2.37. The molecule has 0 aromatic heterocycles. The number of para-hydroxylation sites is 1. The Labute approximate surface area is 128 Å². The van der Waals surface area contributed by atoms with Gasteiger partial charge in [0.2, 0.25) is 11.8 Å².